The number of aromatic nitrogens is 3. The second-order valence-electron chi connectivity index (χ2n) is 10.7. The van der Waals surface area contributed by atoms with Gasteiger partial charge in [0.25, 0.3) is 5.91 Å². The minimum atomic E-state index is -1.00. The number of hydrogen-bond acceptors (Lipinski definition) is 7. The molecule has 1 atom stereocenters. The second kappa shape index (κ2) is 13.8. The van der Waals surface area contributed by atoms with Gasteiger partial charge in [-0.05, 0) is 71.8 Å². The molecule has 5 aromatic rings. The molecule has 1 aliphatic heterocycles. The smallest absolute Gasteiger partial charge is 0.251 e. The van der Waals surface area contributed by atoms with E-state index in [-0.39, 0.29) is 24.9 Å². The maximum Gasteiger partial charge on any atom is 0.251 e. The number of nitrogens with one attached hydrogen (secondary N) is 1. The Hall–Kier alpha value is -4.93. The minimum Gasteiger partial charge on any atom is -0.497 e. The molecule has 10 nitrogen and oxygen atoms in total. The quantitative estimate of drug-likeness (QED) is 0.224. The lowest BCUT2D eigenvalue weighted by molar-refractivity contribution is -0.140. The molecule has 0 bridgehead atoms. The molecule has 1 N–H and O–H groups in total. The van der Waals surface area contributed by atoms with Crippen LogP contribution >= 0.6 is 11.6 Å². The van der Waals surface area contributed by atoms with Crippen LogP contribution in [0.3, 0.4) is 0 Å². The van der Waals surface area contributed by atoms with E-state index in [2.05, 4.69) is 20.5 Å². The number of methoxy groups -OCH3 is 1. The van der Waals surface area contributed by atoms with E-state index in [1.165, 1.54) is 0 Å². The van der Waals surface area contributed by atoms with E-state index in [1.54, 1.807) is 47.0 Å². The van der Waals surface area contributed by atoms with Gasteiger partial charge in [-0.1, -0.05) is 53.2 Å². The van der Waals surface area contributed by atoms with Gasteiger partial charge in [0.15, 0.2) is 0 Å². The summed E-state index contributed by atoms with van der Waals surface area (Å²) in [6.07, 6.45) is 0. The molecule has 0 aliphatic carbocycles. The third kappa shape index (κ3) is 7.08. The number of para-hydroxylation sites is 1. The fourth-order valence-corrected chi connectivity index (χ4v) is 5.56. The van der Waals surface area contributed by atoms with Crippen LogP contribution in [0.5, 0.6) is 5.75 Å². The van der Waals surface area contributed by atoms with Crippen LogP contribution in [-0.2, 0) is 27.4 Å². The average Bonchev–Trinajstić information content (AvgIpc) is 3.48. The third-order valence-electron chi connectivity index (χ3n) is 7.77. The number of halogens is 1. The lowest BCUT2D eigenvalue weighted by Crippen LogP contribution is -2.42. The first kappa shape index (κ1) is 30.1. The van der Waals surface area contributed by atoms with Gasteiger partial charge < -0.3 is 24.6 Å². The van der Waals surface area contributed by atoms with Crippen molar-refractivity contribution in [2.24, 2.45) is 0 Å². The highest BCUT2D eigenvalue weighted by Crippen LogP contribution is 2.29. The summed E-state index contributed by atoms with van der Waals surface area (Å²) in [5.41, 5.74) is 4.48. The van der Waals surface area contributed by atoms with Crippen LogP contribution in [0.1, 0.15) is 17.2 Å². The van der Waals surface area contributed by atoms with Gasteiger partial charge in [-0.15, -0.1) is 5.10 Å². The monoisotopic (exact) mass is 624 g/mol. The van der Waals surface area contributed by atoms with E-state index in [1.807, 2.05) is 66.7 Å². The van der Waals surface area contributed by atoms with Gasteiger partial charge in [0.1, 0.15) is 23.9 Å². The number of benzene rings is 4. The van der Waals surface area contributed by atoms with Crippen molar-refractivity contribution in [3.8, 4) is 5.75 Å². The molecule has 1 aromatic heterocycles. The molecule has 1 fully saturated rings. The zero-order chi connectivity index (χ0) is 31.2. The normalized spacial score (nSPS) is 13.8. The van der Waals surface area contributed by atoms with Gasteiger partial charge in [-0.2, -0.15) is 0 Å². The number of nitrogens with zero attached hydrogens (tertiary/aromatic N) is 5. The van der Waals surface area contributed by atoms with Crippen molar-refractivity contribution < 1.29 is 19.1 Å². The van der Waals surface area contributed by atoms with Crippen LogP contribution < -0.4 is 15.0 Å². The van der Waals surface area contributed by atoms with Crippen molar-refractivity contribution in [3.05, 3.63) is 113 Å². The standard InChI is InChI=1S/C34H33ClN6O4/c1-44-29-6-4-5-25(21-29)33(34(43)36-27-13-15-28(16-14-27)39-17-19-45-20-18-39)40(22-24-9-11-26(35)12-10-24)32(42)23-41-31-8-3-2-7-30(31)37-38-41/h2-16,21,33H,17-20,22-23H2,1H3,(H,36,43). The number of anilines is 2. The summed E-state index contributed by atoms with van der Waals surface area (Å²) in [4.78, 5) is 32.3. The van der Waals surface area contributed by atoms with Gasteiger partial charge in [0, 0.05) is 36.0 Å². The fraction of sp³-hybridized carbons (Fsp3) is 0.235. The highest BCUT2D eigenvalue weighted by Gasteiger charge is 2.33. The van der Waals surface area contributed by atoms with Crippen LogP contribution in [-0.4, -0.2) is 65.1 Å². The molecule has 230 valence electrons. The molecule has 4 aromatic carbocycles. The zero-order valence-electron chi connectivity index (χ0n) is 24.8. The molecule has 1 unspecified atom stereocenters. The Labute approximate surface area is 266 Å². The van der Waals surface area contributed by atoms with Gasteiger partial charge in [0.05, 0.1) is 25.8 Å². The molecular weight excluding hydrogens is 592 g/mol. The van der Waals surface area contributed by atoms with E-state index >= 15 is 0 Å². The SMILES string of the molecule is COc1cccc(C(C(=O)Nc2ccc(N3CCOCC3)cc2)N(Cc2ccc(Cl)cc2)C(=O)Cn2nnc3ccccc32)c1. The number of carbonyl (C=O) groups excluding carboxylic acids is 2. The molecule has 1 aliphatic rings. The highest BCUT2D eigenvalue weighted by molar-refractivity contribution is 6.30. The van der Waals surface area contributed by atoms with E-state index in [4.69, 9.17) is 21.1 Å². The van der Waals surface area contributed by atoms with Gasteiger partial charge >= 0.3 is 0 Å². The highest BCUT2D eigenvalue weighted by atomic mass is 35.5. The second-order valence-corrected chi connectivity index (χ2v) is 11.1. The fourth-order valence-electron chi connectivity index (χ4n) is 5.44. The largest absolute Gasteiger partial charge is 0.497 e. The molecule has 0 saturated carbocycles. The van der Waals surface area contributed by atoms with Crippen molar-refractivity contribution in [2.45, 2.75) is 19.1 Å². The van der Waals surface area contributed by atoms with E-state index in [9.17, 15) is 9.59 Å². The molecule has 1 saturated heterocycles. The lowest BCUT2D eigenvalue weighted by atomic mass is 10.0. The number of morpholine rings is 1. The van der Waals surface area contributed by atoms with Crippen LogP contribution in [0.2, 0.25) is 5.02 Å². The maximum absolute atomic E-state index is 14.3. The molecule has 0 radical (unpaired) electrons. The van der Waals surface area contributed by atoms with Crippen LogP contribution in [0, 0.1) is 0 Å². The molecule has 6 rings (SSSR count). The predicted molar refractivity (Wildman–Crippen MR) is 173 cm³/mol. The Morgan fingerprint density at radius 1 is 0.978 bits per heavy atom. The summed E-state index contributed by atoms with van der Waals surface area (Å²) in [6, 6.07) is 28.6. The summed E-state index contributed by atoms with van der Waals surface area (Å²) >= 11 is 6.17. The lowest BCUT2D eigenvalue weighted by Gasteiger charge is -2.32. The summed E-state index contributed by atoms with van der Waals surface area (Å²) < 4.78 is 12.5. The molecule has 45 heavy (non-hydrogen) atoms. The van der Waals surface area contributed by atoms with Crippen molar-refractivity contribution in [2.75, 3.05) is 43.6 Å². The molecule has 2 heterocycles. The summed E-state index contributed by atoms with van der Waals surface area (Å²) in [5.74, 6) is -0.110. The first-order valence-corrected chi connectivity index (χ1v) is 15.1. The molecule has 0 spiro atoms. The topological polar surface area (TPSA) is 102 Å². The van der Waals surface area contributed by atoms with Crippen LogP contribution in [0.25, 0.3) is 11.0 Å². The van der Waals surface area contributed by atoms with Gasteiger partial charge in [-0.25, -0.2) is 4.68 Å². The Bertz CT molecular complexity index is 1770. The van der Waals surface area contributed by atoms with Crippen molar-refractivity contribution >= 4 is 45.8 Å². The summed E-state index contributed by atoms with van der Waals surface area (Å²) in [5, 5.41) is 12.1. The van der Waals surface area contributed by atoms with E-state index in [0.717, 1.165) is 29.9 Å². The summed E-state index contributed by atoms with van der Waals surface area (Å²) in [7, 11) is 1.57. The average molecular weight is 625 g/mol. The first-order chi connectivity index (χ1) is 22.0. The Morgan fingerprint density at radius 3 is 2.49 bits per heavy atom. The number of ether oxygens (including phenoxy) is 2. The Morgan fingerprint density at radius 2 is 1.73 bits per heavy atom. The third-order valence-corrected chi connectivity index (χ3v) is 8.02. The predicted octanol–water partition coefficient (Wildman–Crippen LogP) is 5.34. The number of amides is 2. The number of carbonyl (C=O) groups is 2. The number of hydrogen-bond donors (Lipinski definition) is 1. The minimum absolute atomic E-state index is 0.115. The van der Waals surface area contributed by atoms with Gasteiger partial charge in [0.2, 0.25) is 5.91 Å². The molecule has 2 amide bonds. The first-order valence-electron chi connectivity index (χ1n) is 14.7. The van der Waals surface area contributed by atoms with Crippen molar-refractivity contribution in [1.29, 1.82) is 0 Å². The van der Waals surface area contributed by atoms with E-state index in [0.29, 0.717) is 40.8 Å². The maximum atomic E-state index is 14.3. The Kier molecular flexibility index (Phi) is 9.23. The van der Waals surface area contributed by atoms with Crippen molar-refractivity contribution in [1.82, 2.24) is 19.9 Å². The summed E-state index contributed by atoms with van der Waals surface area (Å²) in [6.45, 7) is 3.02. The Balaban J connectivity index is 1.35. The van der Waals surface area contributed by atoms with Gasteiger partial charge in [-0.3, -0.25) is 9.59 Å². The number of fused-ring (bicyclic) bond motifs is 1. The van der Waals surface area contributed by atoms with Crippen LogP contribution in [0.15, 0.2) is 97.1 Å². The molecule has 11 heteroatoms. The zero-order valence-corrected chi connectivity index (χ0v) is 25.6. The number of rotatable bonds is 10. The van der Waals surface area contributed by atoms with E-state index < -0.39 is 6.04 Å². The van der Waals surface area contributed by atoms with Crippen molar-refractivity contribution in [3.63, 3.8) is 0 Å². The molecular formula is C34H33ClN6O4. The van der Waals surface area contributed by atoms with Crippen LogP contribution in [0.4, 0.5) is 11.4 Å².